The molecule has 0 aliphatic heterocycles. The molecule has 1 aliphatic rings. The minimum absolute atomic E-state index is 0.127. The van der Waals surface area contributed by atoms with Crippen molar-refractivity contribution in [1.82, 2.24) is 10.3 Å². The van der Waals surface area contributed by atoms with E-state index in [0.717, 1.165) is 19.3 Å². The lowest BCUT2D eigenvalue weighted by Gasteiger charge is -2.28. The van der Waals surface area contributed by atoms with E-state index < -0.39 is 0 Å². The highest BCUT2D eigenvalue weighted by Gasteiger charge is 2.23. The Labute approximate surface area is 127 Å². The van der Waals surface area contributed by atoms with E-state index in [4.69, 9.17) is 23.2 Å². The summed E-state index contributed by atoms with van der Waals surface area (Å²) in [6.45, 7) is 0. The van der Waals surface area contributed by atoms with Crippen LogP contribution in [0.4, 0.5) is 0 Å². The first-order valence-corrected chi connectivity index (χ1v) is 8.29. The molecule has 1 amide bonds. The van der Waals surface area contributed by atoms with Crippen LogP contribution in [-0.2, 0) is 0 Å². The predicted octanol–water partition coefficient (Wildman–Crippen LogP) is 3.79. The molecule has 1 aliphatic carbocycles. The first-order chi connectivity index (χ1) is 9.10. The van der Waals surface area contributed by atoms with Crippen LogP contribution >= 0.6 is 35.0 Å². The Morgan fingerprint density at radius 3 is 2.95 bits per heavy atom. The van der Waals surface area contributed by atoms with Gasteiger partial charge in [-0.05, 0) is 31.6 Å². The van der Waals surface area contributed by atoms with E-state index in [-0.39, 0.29) is 17.1 Å². The van der Waals surface area contributed by atoms with E-state index >= 15 is 0 Å². The summed E-state index contributed by atoms with van der Waals surface area (Å²) in [5, 5.41) is 4.22. The summed E-state index contributed by atoms with van der Waals surface area (Å²) in [7, 11) is 0. The highest BCUT2D eigenvalue weighted by atomic mass is 35.5. The molecule has 1 aromatic heterocycles. The summed E-state index contributed by atoms with van der Waals surface area (Å²) in [5.74, 6) is -0.127. The monoisotopic (exact) mass is 318 g/mol. The number of halogens is 2. The van der Waals surface area contributed by atoms with E-state index in [0.29, 0.717) is 15.8 Å². The van der Waals surface area contributed by atoms with E-state index in [9.17, 15) is 4.79 Å². The average Bonchev–Trinajstić information content (AvgIpc) is 2.42. The van der Waals surface area contributed by atoms with Crippen molar-refractivity contribution in [2.75, 3.05) is 6.26 Å². The summed E-state index contributed by atoms with van der Waals surface area (Å²) < 4.78 is 0. The van der Waals surface area contributed by atoms with Gasteiger partial charge in [0.05, 0.1) is 10.6 Å². The number of pyridine rings is 1. The van der Waals surface area contributed by atoms with Gasteiger partial charge in [-0.15, -0.1) is 0 Å². The number of carbonyl (C=O) groups excluding carboxylic acids is 1. The number of nitrogens with one attached hydrogen (secondary N) is 1. The zero-order valence-corrected chi connectivity index (χ0v) is 13.0. The molecule has 2 atom stereocenters. The maximum atomic E-state index is 12.1. The van der Waals surface area contributed by atoms with Gasteiger partial charge in [0, 0.05) is 17.5 Å². The predicted molar refractivity (Wildman–Crippen MR) is 81.3 cm³/mol. The van der Waals surface area contributed by atoms with Crippen LogP contribution in [-0.4, -0.2) is 28.4 Å². The normalized spacial score (nSPS) is 23.1. The maximum Gasteiger partial charge on any atom is 0.253 e. The third kappa shape index (κ3) is 4.01. The molecule has 6 heteroatoms. The molecule has 3 nitrogen and oxygen atoms in total. The summed E-state index contributed by atoms with van der Waals surface area (Å²) >= 11 is 13.5. The fourth-order valence-electron chi connectivity index (χ4n) is 2.30. The van der Waals surface area contributed by atoms with Gasteiger partial charge in [0.1, 0.15) is 5.15 Å². The lowest BCUT2D eigenvalue weighted by molar-refractivity contribution is 0.0928. The second-order valence-corrected chi connectivity index (χ2v) is 6.59. The Morgan fingerprint density at radius 1 is 1.47 bits per heavy atom. The van der Waals surface area contributed by atoms with E-state index in [1.54, 1.807) is 6.07 Å². The molecule has 0 bridgehead atoms. The third-order valence-electron chi connectivity index (χ3n) is 3.35. The molecule has 0 radical (unpaired) electrons. The standard InChI is InChI=1S/C13H16Cl2N2OS/c1-19-10-4-2-3-9(6-10)17-13(18)8-5-11(14)12(15)16-7-8/h5,7,9-10H,2-4,6H2,1H3,(H,17,18). The molecule has 1 aromatic rings. The Hall–Kier alpha value is -0.450. The van der Waals surface area contributed by atoms with Gasteiger partial charge in [-0.3, -0.25) is 4.79 Å². The quantitative estimate of drug-likeness (QED) is 0.862. The number of nitrogens with zero attached hydrogens (tertiary/aromatic N) is 1. The van der Waals surface area contributed by atoms with Crippen molar-refractivity contribution in [2.24, 2.45) is 0 Å². The van der Waals surface area contributed by atoms with Crippen LogP contribution < -0.4 is 5.32 Å². The molecule has 1 N–H and O–H groups in total. The maximum absolute atomic E-state index is 12.1. The van der Waals surface area contributed by atoms with Gasteiger partial charge in [0.15, 0.2) is 0 Å². The van der Waals surface area contributed by atoms with Gasteiger partial charge in [-0.2, -0.15) is 11.8 Å². The zero-order chi connectivity index (χ0) is 13.8. The van der Waals surface area contributed by atoms with Gasteiger partial charge >= 0.3 is 0 Å². The smallest absolute Gasteiger partial charge is 0.253 e. The highest BCUT2D eigenvalue weighted by Crippen LogP contribution is 2.27. The molecule has 0 aromatic carbocycles. The van der Waals surface area contributed by atoms with E-state index in [1.165, 1.54) is 12.6 Å². The molecule has 0 spiro atoms. The first-order valence-electron chi connectivity index (χ1n) is 6.25. The Kier molecular flexibility index (Phi) is 5.37. The summed E-state index contributed by atoms with van der Waals surface area (Å²) in [6.07, 6.45) is 8.05. The number of carbonyl (C=O) groups is 1. The van der Waals surface area contributed by atoms with Crippen LogP contribution in [0, 0.1) is 0 Å². The molecule has 1 heterocycles. The highest BCUT2D eigenvalue weighted by molar-refractivity contribution is 7.99. The second-order valence-electron chi connectivity index (χ2n) is 4.69. The fraction of sp³-hybridized carbons (Fsp3) is 0.538. The minimum Gasteiger partial charge on any atom is -0.349 e. The third-order valence-corrected chi connectivity index (χ3v) is 5.13. The molecule has 1 fully saturated rings. The molecule has 19 heavy (non-hydrogen) atoms. The van der Waals surface area contributed by atoms with Crippen molar-refractivity contribution in [3.8, 4) is 0 Å². The van der Waals surface area contributed by atoms with Crippen LogP contribution in [0.3, 0.4) is 0 Å². The Balaban J connectivity index is 1.98. The second kappa shape index (κ2) is 6.82. The lowest BCUT2D eigenvalue weighted by atomic mass is 9.95. The van der Waals surface area contributed by atoms with E-state index in [2.05, 4.69) is 16.6 Å². The number of hydrogen-bond donors (Lipinski definition) is 1. The SMILES string of the molecule is CSC1CCCC(NC(=O)c2cnc(Cl)c(Cl)c2)C1. The van der Waals surface area contributed by atoms with Crippen molar-refractivity contribution in [3.05, 3.63) is 28.0 Å². The van der Waals surface area contributed by atoms with E-state index in [1.807, 2.05) is 11.8 Å². The van der Waals surface area contributed by atoms with Crippen molar-refractivity contribution in [2.45, 2.75) is 37.0 Å². The summed E-state index contributed by atoms with van der Waals surface area (Å²) in [6, 6.07) is 1.80. The minimum atomic E-state index is -0.127. The summed E-state index contributed by atoms with van der Waals surface area (Å²) in [4.78, 5) is 16.0. The molecular formula is C13H16Cl2N2OS. The van der Waals surface area contributed by atoms with Crippen LogP contribution in [0.25, 0.3) is 0 Å². The van der Waals surface area contributed by atoms with Crippen LogP contribution in [0.5, 0.6) is 0 Å². The van der Waals surface area contributed by atoms with Gasteiger partial charge in [-0.1, -0.05) is 29.6 Å². The van der Waals surface area contributed by atoms with Gasteiger partial charge in [0.2, 0.25) is 0 Å². The van der Waals surface area contributed by atoms with Crippen LogP contribution in [0.1, 0.15) is 36.0 Å². The van der Waals surface area contributed by atoms with Gasteiger partial charge < -0.3 is 5.32 Å². The zero-order valence-electron chi connectivity index (χ0n) is 10.7. The van der Waals surface area contributed by atoms with Crippen molar-refractivity contribution < 1.29 is 4.79 Å². The molecular weight excluding hydrogens is 303 g/mol. The first kappa shape index (κ1) is 14.9. The van der Waals surface area contributed by atoms with Crippen LogP contribution in [0.2, 0.25) is 10.2 Å². The molecule has 0 saturated heterocycles. The molecule has 2 rings (SSSR count). The van der Waals surface area contributed by atoms with Crippen molar-refractivity contribution in [1.29, 1.82) is 0 Å². The number of aromatic nitrogens is 1. The largest absolute Gasteiger partial charge is 0.349 e. The molecule has 104 valence electrons. The molecule has 2 unspecified atom stereocenters. The van der Waals surface area contributed by atoms with Crippen molar-refractivity contribution >= 4 is 40.9 Å². The van der Waals surface area contributed by atoms with Gasteiger partial charge in [0.25, 0.3) is 5.91 Å². The summed E-state index contributed by atoms with van der Waals surface area (Å²) in [5.41, 5.74) is 0.459. The number of hydrogen-bond acceptors (Lipinski definition) is 3. The molecule has 1 saturated carbocycles. The average molecular weight is 319 g/mol. The number of amides is 1. The van der Waals surface area contributed by atoms with Crippen molar-refractivity contribution in [3.63, 3.8) is 0 Å². The number of rotatable bonds is 3. The Morgan fingerprint density at radius 2 is 2.26 bits per heavy atom. The van der Waals surface area contributed by atoms with Crippen LogP contribution in [0.15, 0.2) is 12.3 Å². The number of thioether (sulfide) groups is 1. The lowest BCUT2D eigenvalue weighted by Crippen LogP contribution is -2.39. The fourth-order valence-corrected chi connectivity index (χ4v) is 3.40. The van der Waals surface area contributed by atoms with Gasteiger partial charge in [-0.25, -0.2) is 4.98 Å². The topological polar surface area (TPSA) is 42.0 Å². The Bertz CT molecular complexity index is 470.